The number of benzene rings is 1. The average Bonchev–Trinajstić information content (AvgIpc) is 2.07. The molecule has 0 amide bonds. The van der Waals surface area contributed by atoms with E-state index in [1.807, 2.05) is 43.4 Å². The fraction of sp³-hybridized carbons (Fsp3) is 0.300. The Kier molecular flexibility index (Phi) is 6.41. The monoisotopic (exact) mass is 328 g/mol. The molecule has 0 saturated carbocycles. The van der Waals surface area contributed by atoms with Gasteiger partial charge in [-0.05, 0) is 66.1 Å². The number of hydrogen-bond donors (Lipinski definition) is 0. The molecule has 0 fully saturated rings. The van der Waals surface area contributed by atoms with Crippen LogP contribution in [-0.4, -0.2) is 5.97 Å². The van der Waals surface area contributed by atoms with Gasteiger partial charge < -0.3 is 9.90 Å². The van der Waals surface area contributed by atoms with Crippen LogP contribution in [0, 0.1) is 24.3 Å². The van der Waals surface area contributed by atoms with Crippen molar-refractivity contribution in [2.45, 2.75) is 20.8 Å². The topological polar surface area (TPSA) is 40.1 Å². The summed E-state index contributed by atoms with van der Waals surface area (Å²) in [6.45, 7) is 5.83. The molecule has 0 aliphatic carbocycles. The third-order valence-corrected chi connectivity index (χ3v) is 3.69. The first kappa shape index (κ1) is 15.1. The van der Waals surface area contributed by atoms with Crippen molar-refractivity contribution >= 4 is 28.6 Å². The zero-order chi connectivity index (χ0) is 10.2. The second-order valence-electron chi connectivity index (χ2n) is 3.09. The Balaban J connectivity index is 0.00000169. The van der Waals surface area contributed by atoms with Crippen LogP contribution < -0.4 is 56.5 Å². The Labute approximate surface area is 140 Å². The van der Waals surface area contributed by atoms with E-state index >= 15 is 0 Å². The van der Waals surface area contributed by atoms with Gasteiger partial charge in [0.1, 0.15) is 0 Å². The van der Waals surface area contributed by atoms with E-state index in [0.717, 1.165) is 20.3 Å². The molecule has 0 aliphatic heterocycles. The Morgan fingerprint density at radius 3 is 2.21 bits per heavy atom. The van der Waals surface area contributed by atoms with Crippen molar-refractivity contribution in [3.05, 3.63) is 31.9 Å². The van der Waals surface area contributed by atoms with Gasteiger partial charge in [-0.1, -0.05) is 0 Å². The van der Waals surface area contributed by atoms with E-state index in [-0.39, 0.29) is 51.4 Å². The number of carboxylic acids is 1. The number of hydrogen-bond acceptors (Lipinski definition) is 2. The van der Waals surface area contributed by atoms with Gasteiger partial charge in [-0.3, -0.25) is 0 Å². The Hall–Kier alpha value is 1.06. The minimum atomic E-state index is -1.10. The first-order chi connectivity index (χ1) is 5.95. The molecule has 4 heteroatoms. The van der Waals surface area contributed by atoms with Crippen molar-refractivity contribution in [2.24, 2.45) is 0 Å². The molecular weight excluding hydrogens is 318 g/mol. The van der Waals surface area contributed by atoms with Crippen molar-refractivity contribution in [3.8, 4) is 0 Å². The first-order valence-corrected chi connectivity index (χ1v) is 5.00. The van der Waals surface area contributed by atoms with Crippen molar-refractivity contribution < 1.29 is 61.3 Å². The maximum atomic E-state index is 10.7. The van der Waals surface area contributed by atoms with Crippen LogP contribution in [0.25, 0.3) is 0 Å². The van der Waals surface area contributed by atoms with Crippen LogP contribution in [-0.2, 0) is 0 Å². The zero-order valence-corrected chi connectivity index (χ0v) is 14.1. The summed E-state index contributed by atoms with van der Waals surface area (Å²) in [7, 11) is 0. The minimum absolute atomic E-state index is 0. The van der Waals surface area contributed by atoms with Gasteiger partial charge >= 0.3 is 51.4 Å². The fourth-order valence-corrected chi connectivity index (χ4v) is 1.98. The van der Waals surface area contributed by atoms with E-state index < -0.39 is 5.97 Å². The fourth-order valence-electron chi connectivity index (χ4n) is 1.20. The summed E-state index contributed by atoms with van der Waals surface area (Å²) < 4.78 is 0.778. The van der Waals surface area contributed by atoms with Crippen LogP contribution in [0.4, 0.5) is 0 Å². The van der Waals surface area contributed by atoms with E-state index in [1.165, 1.54) is 0 Å². The summed E-state index contributed by atoms with van der Waals surface area (Å²) in [6, 6.07) is 1.67. The molecular formula is C10H10IKO2. The van der Waals surface area contributed by atoms with Crippen molar-refractivity contribution in [1.82, 2.24) is 0 Å². The van der Waals surface area contributed by atoms with Gasteiger partial charge in [-0.25, -0.2) is 0 Å². The largest absolute Gasteiger partial charge is 1.00 e. The summed E-state index contributed by atoms with van der Waals surface area (Å²) in [6.07, 6.45) is 0. The number of carbonyl (C=O) groups is 1. The average molecular weight is 328 g/mol. The maximum absolute atomic E-state index is 10.7. The maximum Gasteiger partial charge on any atom is 1.00 e. The number of halogens is 1. The Morgan fingerprint density at radius 2 is 1.79 bits per heavy atom. The quantitative estimate of drug-likeness (QED) is 0.469. The van der Waals surface area contributed by atoms with Gasteiger partial charge in [0.15, 0.2) is 0 Å². The Morgan fingerprint density at radius 1 is 1.29 bits per heavy atom. The molecule has 0 saturated heterocycles. The van der Waals surface area contributed by atoms with Gasteiger partial charge in [0.2, 0.25) is 0 Å². The number of carboxylic acid groups (broad SMARTS) is 1. The van der Waals surface area contributed by atoms with E-state index in [4.69, 9.17) is 0 Å². The molecule has 0 aromatic heterocycles. The molecule has 70 valence electrons. The molecule has 1 aromatic rings. The molecule has 0 aliphatic rings. The summed E-state index contributed by atoms with van der Waals surface area (Å²) >= 11 is 2.04. The third-order valence-electron chi connectivity index (χ3n) is 2.30. The standard InChI is InChI=1S/C10H11IO2.K/c1-5-4-8(10(12)13)9(11)7(3)6(5)2;/h4H,1-3H3,(H,12,13);/q;+1/p-1. The minimum Gasteiger partial charge on any atom is -0.545 e. The number of aryl methyl sites for hydroxylation is 1. The van der Waals surface area contributed by atoms with E-state index in [9.17, 15) is 9.90 Å². The van der Waals surface area contributed by atoms with Crippen LogP contribution in [0.5, 0.6) is 0 Å². The molecule has 0 radical (unpaired) electrons. The van der Waals surface area contributed by atoms with Crippen molar-refractivity contribution in [1.29, 1.82) is 0 Å². The normalized spacial score (nSPS) is 9.43. The van der Waals surface area contributed by atoms with Crippen LogP contribution in [0.15, 0.2) is 6.07 Å². The van der Waals surface area contributed by atoms with Gasteiger partial charge in [-0.2, -0.15) is 0 Å². The van der Waals surface area contributed by atoms with Crippen LogP contribution in [0.1, 0.15) is 27.0 Å². The molecule has 14 heavy (non-hydrogen) atoms. The van der Waals surface area contributed by atoms with Crippen LogP contribution in [0.2, 0.25) is 0 Å². The molecule has 2 nitrogen and oxygen atoms in total. The van der Waals surface area contributed by atoms with Gasteiger partial charge in [0.05, 0.1) is 5.97 Å². The number of carbonyl (C=O) groups excluding carboxylic acids is 1. The summed E-state index contributed by atoms with van der Waals surface area (Å²) in [5.41, 5.74) is 3.47. The molecule has 1 aromatic carbocycles. The van der Waals surface area contributed by atoms with E-state index in [2.05, 4.69) is 0 Å². The molecule has 0 spiro atoms. The summed E-state index contributed by atoms with van der Waals surface area (Å²) in [4.78, 5) is 10.7. The smallest absolute Gasteiger partial charge is 0.545 e. The van der Waals surface area contributed by atoms with Gasteiger partial charge in [0.25, 0.3) is 0 Å². The van der Waals surface area contributed by atoms with Crippen molar-refractivity contribution in [2.75, 3.05) is 0 Å². The van der Waals surface area contributed by atoms with Crippen LogP contribution in [0.3, 0.4) is 0 Å². The van der Waals surface area contributed by atoms with Gasteiger partial charge in [0, 0.05) is 9.13 Å². The number of aromatic carboxylic acids is 1. The molecule has 0 unspecified atom stereocenters. The summed E-state index contributed by atoms with van der Waals surface area (Å²) in [5.74, 6) is -1.10. The predicted octanol–water partition coefficient (Wildman–Crippen LogP) is -1.42. The second-order valence-corrected chi connectivity index (χ2v) is 4.17. The molecule has 1 rings (SSSR count). The summed E-state index contributed by atoms with van der Waals surface area (Å²) in [5, 5.41) is 10.7. The van der Waals surface area contributed by atoms with Crippen LogP contribution >= 0.6 is 22.6 Å². The second kappa shape index (κ2) is 5.96. The third kappa shape index (κ3) is 3.02. The van der Waals surface area contributed by atoms with Gasteiger partial charge in [-0.15, -0.1) is 0 Å². The van der Waals surface area contributed by atoms with Crippen molar-refractivity contribution in [3.63, 3.8) is 0 Å². The first-order valence-electron chi connectivity index (χ1n) is 3.92. The molecule has 0 N–H and O–H groups in total. The molecule has 0 heterocycles. The molecule has 0 atom stereocenters. The Bertz CT molecular complexity index is 375. The van der Waals surface area contributed by atoms with E-state index in [0.29, 0.717) is 5.56 Å². The zero-order valence-electron chi connectivity index (χ0n) is 8.77. The van der Waals surface area contributed by atoms with E-state index in [1.54, 1.807) is 6.07 Å². The SMILES string of the molecule is Cc1cc(C(=O)[O-])c(I)c(C)c1C.[K+]. The number of rotatable bonds is 1. The molecule has 0 bridgehead atoms. The predicted molar refractivity (Wildman–Crippen MR) is 57.7 cm³/mol.